The van der Waals surface area contributed by atoms with E-state index in [1.807, 2.05) is 14.2 Å². The monoisotopic (exact) mass is 1150 g/mol. The minimum absolute atomic E-state index is 0.0114. The van der Waals surface area contributed by atoms with Crippen LogP contribution in [0.25, 0.3) is 0 Å². The normalized spacial score (nSPS) is 17.3. The van der Waals surface area contributed by atoms with Crippen LogP contribution in [0, 0.1) is 25.7 Å². The van der Waals surface area contributed by atoms with Crippen LogP contribution < -0.4 is 9.47 Å². The molecule has 436 valence electrons. The lowest BCUT2D eigenvalue weighted by molar-refractivity contribution is 0.199. The Bertz CT molecular complexity index is 3310. The molecule has 3 aliphatic rings. The summed E-state index contributed by atoms with van der Waals surface area (Å²) in [5, 5.41) is 1.51. The Hall–Kier alpha value is -6.06. The molecule has 3 saturated carbocycles. The number of hydrogen-bond acceptors (Lipinski definition) is 2. The van der Waals surface area contributed by atoms with E-state index < -0.39 is 0 Å². The molecular formula is C80H90Cl2O2. The molecule has 0 spiro atoms. The first-order valence-corrected chi connectivity index (χ1v) is 33.0. The van der Waals surface area contributed by atoms with Crippen LogP contribution >= 0.6 is 23.2 Å². The fourth-order valence-electron chi connectivity index (χ4n) is 16.2. The second-order valence-corrected chi connectivity index (χ2v) is 26.5. The van der Waals surface area contributed by atoms with Gasteiger partial charge in [-0.25, -0.2) is 0 Å². The van der Waals surface area contributed by atoms with E-state index in [2.05, 4.69) is 203 Å². The summed E-state index contributed by atoms with van der Waals surface area (Å²) < 4.78 is 14.0. The molecule has 0 heterocycles. The highest BCUT2D eigenvalue weighted by atomic mass is 35.5. The Balaban J connectivity index is 1.39. The predicted molar refractivity (Wildman–Crippen MR) is 355 cm³/mol. The van der Waals surface area contributed by atoms with Gasteiger partial charge in [0.05, 0.1) is 14.2 Å². The molecule has 0 bridgehead atoms. The van der Waals surface area contributed by atoms with Crippen molar-refractivity contribution in [3.63, 3.8) is 0 Å². The van der Waals surface area contributed by atoms with Crippen molar-refractivity contribution in [3.05, 3.63) is 270 Å². The van der Waals surface area contributed by atoms with E-state index in [-0.39, 0.29) is 29.6 Å². The van der Waals surface area contributed by atoms with Gasteiger partial charge in [0.2, 0.25) is 0 Å². The molecule has 0 aromatic heterocycles. The predicted octanol–water partition coefficient (Wildman–Crippen LogP) is 22.6. The van der Waals surface area contributed by atoms with Crippen molar-refractivity contribution >= 4 is 23.2 Å². The maximum absolute atomic E-state index is 7.72. The van der Waals surface area contributed by atoms with Crippen LogP contribution in [0.1, 0.15) is 223 Å². The second-order valence-electron chi connectivity index (χ2n) is 25.6. The van der Waals surface area contributed by atoms with Crippen molar-refractivity contribution in [1.82, 2.24) is 0 Å². The number of halogens is 2. The van der Waals surface area contributed by atoms with Crippen LogP contribution in [0.4, 0.5) is 0 Å². The van der Waals surface area contributed by atoms with Crippen molar-refractivity contribution < 1.29 is 9.47 Å². The van der Waals surface area contributed by atoms with E-state index in [9.17, 15) is 0 Å². The molecule has 0 radical (unpaired) electrons. The molecule has 0 saturated heterocycles. The van der Waals surface area contributed by atoms with Gasteiger partial charge >= 0.3 is 0 Å². The lowest BCUT2D eigenvalue weighted by Gasteiger charge is -2.47. The van der Waals surface area contributed by atoms with E-state index >= 15 is 0 Å². The second kappa shape index (κ2) is 28.4. The molecular weight excluding hydrogens is 1060 g/mol. The van der Waals surface area contributed by atoms with Gasteiger partial charge in [0.1, 0.15) is 11.5 Å². The number of rotatable bonds is 21. The molecule has 0 N–H and O–H groups in total. The molecule has 0 aliphatic heterocycles. The Morgan fingerprint density at radius 3 is 1.45 bits per heavy atom. The zero-order valence-corrected chi connectivity index (χ0v) is 52.3. The van der Waals surface area contributed by atoms with Gasteiger partial charge in [-0.2, -0.15) is 0 Å². The molecule has 5 unspecified atom stereocenters. The quantitative estimate of drug-likeness (QED) is 0.0714. The van der Waals surface area contributed by atoms with Gasteiger partial charge in [-0.3, -0.25) is 0 Å². The SMILES string of the molecule is COc1cccc(C(Cc2ccc(Cl)cc2)C(c2c(C3CCCCC3)c(C(C3CCCCC3)C3CCCCC3)c(C(C)c3ccccc3)c(OC)c2C(Cc2ccccc2)c2ccc(C)cc2)C(Cc2ccc(C)cc2)c2ccc(Cl)cc2)c1. The van der Waals surface area contributed by atoms with Gasteiger partial charge < -0.3 is 9.47 Å². The Morgan fingerprint density at radius 1 is 0.417 bits per heavy atom. The highest BCUT2D eigenvalue weighted by Gasteiger charge is 2.47. The number of methoxy groups -OCH3 is 2. The maximum Gasteiger partial charge on any atom is 0.127 e. The van der Waals surface area contributed by atoms with Crippen molar-refractivity contribution in [2.45, 2.75) is 178 Å². The van der Waals surface area contributed by atoms with Crippen molar-refractivity contribution in [2.24, 2.45) is 11.8 Å². The van der Waals surface area contributed by atoms with Gasteiger partial charge in [0.25, 0.3) is 0 Å². The summed E-state index contributed by atoms with van der Waals surface area (Å²) in [4.78, 5) is 0. The van der Waals surface area contributed by atoms with Crippen LogP contribution in [0.3, 0.4) is 0 Å². The molecule has 2 nitrogen and oxygen atoms in total. The van der Waals surface area contributed by atoms with Crippen molar-refractivity contribution in [3.8, 4) is 11.5 Å². The fourth-order valence-corrected chi connectivity index (χ4v) is 16.4. The maximum atomic E-state index is 7.72. The topological polar surface area (TPSA) is 18.5 Å². The molecule has 8 aromatic carbocycles. The minimum Gasteiger partial charge on any atom is -0.497 e. The fraction of sp³-hybridized carbons (Fsp3) is 0.400. The summed E-state index contributed by atoms with van der Waals surface area (Å²) in [6.45, 7) is 7.00. The Labute approximate surface area is 514 Å². The first-order chi connectivity index (χ1) is 41.1. The van der Waals surface area contributed by atoms with E-state index in [1.165, 1.54) is 158 Å². The Kier molecular flexibility index (Phi) is 20.2. The zero-order chi connectivity index (χ0) is 57.9. The Morgan fingerprint density at radius 2 is 0.893 bits per heavy atom. The van der Waals surface area contributed by atoms with E-state index in [0.717, 1.165) is 40.8 Å². The van der Waals surface area contributed by atoms with Gasteiger partial charge in [-0.15, -0.1) is 0 Å². The highest BCUT2D eigenvalue weighted by Crippen LogP contribution is 2.61. The van der Waals surface area contributed by atoms with Crippen molar-refractivity contribution in [2.75, 3.05) is 14.2 Å². The molecule has 8 aromatic rings. The molecule has 0 amide bonds. The summed E-state index contributed by atoms with van der Waals surface area (Å²) >= 11 is 13.9. The number of aryl methyl sites for hydroxylation is 2. The minimum atomic E-state index is -0.0852. The summed E-state index contributed by atoms with van der Waals surface area (Å²) in [6, 6.07) is 69.0. The number of ether oxygens (including phenoxy) is 2. The van der Waals surface area contributed by atoms with Crippen LogP contribution in [-0.2, 0) is 19.3 Å². The van der Waals surface area contributed by atoms with E-state index in [1.54, 1.807) is 16.7 Å². The lowest BCUT2D eigenvalue weighted by atomic mass is 9.58. The van der Waals surface area contributed by atoms with Gasteiger partial charge in [-0.1, -0.05) is 245 Å². The molecule has 4 heteroatoms. The van der Waals surface area contributed by atoms with Crippen molar-refractivity contribution in [1.29, 1.82) is 0 Å². The van der Waals surface area contributed by atoms with Crippen LogP contribution in [0.2, 0.25) is 10.0 Å². The number of benzene rings is 8. The number of hydrogen-bond donors (Lipinski definition) is 0. The van der Waals surface area contributed by atoms with Gasteiger partial charge in [0, 0.05) is 33.0 Å². The standard InChI is InChI=1S/C80H90Cl2O2/c1-54-34-38-58(39-35-54)51-70(62-44-48-68(82)49-45-62)76(72(52-59-40-46-67(81)47-41-59)66-32-21-33-69(53-66)83-4)79-75(65-30-19-10-20-31-65)78(74(63-26-15-8-16-27-63)64-28-17-9-18-29-64)73(56(3)60-24-13-7-14-25-60)80(84-5)77(79)71(50-57-22-11-6-12-23-57)61-42-36-55(2)37-43-61/h6-7,11-14,21-25,32-49,53,56,63-65,70-72,74,76H,8-10,15-20,26-31,50-52H2,1-5H3. The third-order valence-electron chi connectivity index (χ3n) is 20.3. The average molecular weight is 1150 g/mol. The van der Waals surface area contributed by atoms with Gasteiger partial charge in [-0.05, 0) is 205 Å². The largest absolute Gasteiger partial charge is 0.497 e. The average Bonchev–Trinajstić information content (AvgIpc) is 1.33. The zero-order valence-electron chi connectivity index (χ0n) is 50.8. The first kappa shape index (κ1) is 59.7. The molecule has 11 rings (SSSR count). The highest BCUT2D eigenvalue weighted by molar-refractivity contribution is 6.30. The van der Waals surface area contributed by atoms with Crippen LogP contribution in [0.5, 0.6) is 11.5 Å². The van der Waals surface area contributed by atoms with E-state index in [0.29, 0.717) is 23.7 Å². The molecule has 5 atom stereocenters. The summed E-state index contributed by atoms with van der Waals surface area (Å²) in [5.74, 6) is 3.79. The van der Waals surface area contributed by atoms with Gasteiger partial charge in [0.15, 0.2) is 0 Å². The third-order valence-corrected chi connectivity index (χ3v) is 20.8. The summed E-state index contributed by atoms with van der Waals surface area (Å²) in [5.41, 5.74) is 19.5. The smallest absolute Gasteiger partial charge is 0.127 e. The van der Waals surface area contributed by atoms with Crippen LogP contribution in [-0.4, -0.2) is 14.2 Å². The first-order valence-electron chi connectivity index (χ1n) is 32.3. The third kappa shape index (κ3) is 13.8. The van der Waals surface area contributed by atoms with Crippen LogP contribution in [0.15, 0.2) is 182 Å². The molecule has 3 aliphatic carbocycles. The summed E-state index contributed by atoms with van der Waals surface area (Å²) in [7, 11) is 3.87. The lowest BCUT2D eigenvalue weighted by Crippen LogP contribution is -2.33. The van der Waals surface area contributed by atoms with E-state index in [4.69, 9.17) is 32.7 Å². The molecule has 3 fully saturated rings. The summed E-state index contributed by atoms with van der Waals surface area (Å²) in [6.07, 6.45) is 21.6. The molecule has 84 heavy (non-hydrogen) atoms.